The number of piperidine rings is 1. The zero-order valence-corrected chi connectivity index (χ0v) is 26.5. The van der Waals surface area contributed by atoms with Crippen molar-refractivity contribution in [2.75, 3.05) is 17.2 Å². The molecule has 1 aliphatic carbocycles. The number of hydrogen-bond donors (Lipinski definition) is 2. The number of amides is 2. The van der Waals surface area contributed by atoms with Crippen molar-refractivity contribution < 1.29 is 27.2 Å². The molecule has 2 atom stereocenters. The van der Waals surface area contributed by atoms with Crippen LogP contribution in [-0.2, 0) is 11.0 Å². The van der Waals surface area contributed by atoms with Crippen LogP contribution in [0.2, 0.25) is 0 Å². The number of nitrogens with one attached hydrogen (secondary N) is 2. The zero-order chi connectivity index (χ0) is 32.6. The maximum absolute atomic E-state index is 15.1. The topological polar surface area (TPSA) is 61.4 Å². The summed E-state index contributed by atoms with van der Waals surface area (Å²) < 4.78 is 57.0. The Kier molecular flexibility index (Phi) is 9.42. The standard InChI is InChI=1S/C33H38B3F4N3O2/c1-17-7-5-11-24(37)26(17)32(45)43-14-6-10-21(30(43)19-12-13-25(22(34)16-19)41-20-8-3-4-9-20)31(44)42-29-23(35)15-18(2)27(28(29)36)33(38,39)40/h5,7,11-13,15-16,20-21,30,41H,3-4,6,8-10,14,34-36H2,1-2H3,(H,42,44)/t21-,30-/m0/s1. The number of carbonyl (C=O) groups excluding carboxylic acids is 2. The molecule has 1 heterocycles. The number of benzene rings is 3. The quantitative estimate of drug-likeness (QED) is 0.331. The molecule has 1 saturated carbocycles. The van der Waals surface area contributed by atoms with Crippen LogP contribution in [0.5, 0.6) is 0 Å². The minimum Gasteiger partial charge on any atom is -0.383 e. The number of nitrogens with zero attached hydrogens (tertiary/aromatic N) is 1. The Morgan fingerprint density at radius 2 is 1.62 bits per heavy atom. The van der Waals surface area contributed by atoms with Gasteiger partial charge < -0.3 is 15.5 Å². The van der Waals surface area contributed by atoms with E-state index in [0.717, 1.165) is 29.6 Å². The number of likely N-dealkylation sites (tertiary alicyclic amines) is 1. The van der Waals surface area contributed by atoms with Crippen LogP contribution in [0.1, 0.15) is 77.2 Å². The summed E-state index contributed by atoms with van der Waals surface area (Å²) in [6.07, 6.45) is 0.881. The lowest BCUT2D eigenvalue weighted by molar-refractivity contribution is -0.137. The largest absolute Gasteiger partial charge is 0.416 e. The van der Waals surface area contributed by atoms with Gasteiger partial charge in [0.2, 0.25) is 5.91 Å². The third kappa shape index (κ3) is 6.65. The van der Waals surface area contributed by atoms with E-state index in [-0.39, 0.29) is 22.3 Å². The van der Waals surface area contributed by atoms with Crippen LogP contribution in [0.4, 0.5) is 28.9 Å². The van der Waals surface area contributed by atoms with Crippen LogP contribution in [0, 0.1) is 25.6 Å². The van der Waals surface area contributed by atoms with Crippen molar-refractivity contribution in [3.8, 4) is 0 Å². The maximum atomic E-state index is 15.1. The number of halogens is 4. The first-order valence-electron chi connectivity index (χ1n) is 15.7. The van der Waals surface area contributed by atoms with Gasteiger partial charge in [0.15, 0.2) is 0 Å². The van der Waals surface area contributed by atoms with E-state index < -0.39 is 41.3 Å². The number of aryl methyl sites for hydroxylation is 2. The fourth-order valence-corrected chi connectivity index (χ4v) is 7.31. The summed E-state index contributed by atoms with van der Waals surface area (Å²) in [6.45, 7) is 3.39. The molecule has 0 unspecified atom stereocenters. The van der Waals surface area contributed by atoms with Gasteiger partial charge in [-0.2, -0.15) is 13.2 Å². The molecule has 1 saturated heterocycles. The Morgan fingerprint density at radius 3 is 2.27 bits per heavy atom. The molecule has 0 spiro atoms. The van der Waals surface area contributed by atoms with Crippen molar-refractivity contribution in [2.24, 2.45) is 5.92 Å². The Balaban J connectivity index is 1.55. The first kappa shape index (κ1) is 32.7. The Hall–Kier alpha value is -3.69. The summed E-state index contributed by atoms with van der Waals surface area (Å²) in [5.74, 6) is -2.40. The highest BCUT2D eigenvalue weighted by Crippen LogP contribution is 2.39. The summed E-state index contributed by atoms with van der Waals surface area (Å²) in [5, 5.41) is 6.43. The van der Waals surface area contributed by atoms with Gasteiger partial charge >= 0.3 is 6.18 Å². The first-order chi connectivity index (χ1) is 21.3. The highest BCUT2D eigenvalue weighted by Gasteiger charge is 2.41. The number of anilines is 2. The van der Waals surface area contributed by atoms with Gasteiger partial charge in [0.25, 0.3) is 5.91 Å². The smallest absolute Gasteiger partial charge is 0.383 e. The number of hydrogen-bond acceptors (Lipinski definition) is 3. The predicted octanol–water partition coefficient (Wildman–Crippen LogP) is 2.82. The normalized spacial score (nSPS) is 19.0. The van der Waals surface area contributed by atoms with Crippen LogP contribution >= 0.6 is 0 Å². The van der Waals surface area contributed by atoms with E-state index in [2.05, 4.69) is 10.6 Å². The van der Waals surface area contributed by atoms with Gasteiger partial charge in [0.1, 0.15) is 29.4 Å². The van der Waals surface area contributed by atoms with E-state index >= 15 is 4.39 Å². The van der Waals surface area contributed by atoms with Crippen molar-refractivity contribution in [1.29, 1.82) is 0 Å². The zero-order valence-electron chi connectivity index (χ0n) is 26.5. The second-order valence-corrected chi connectivity index (χ2v) is 12.7. The molecule has 2 amide bonds. The molecule has 3 aromatic carbocycles. The lowest BCUT2D eigenvalue weighted by Gasteiger charge is -2.41. The third-order valence-corrected chi connectivity index (χ3v) is 9.47. The minimum absolute atomic E-state index is 0.0418. The highest BCUT2D eigenvalue weighted by molar-refractivity contribution is 6.45. The molecule has 1 aliphatic heterocycles. The average Bonchev–Trinajstić information content (AvgIpc) is 3.48. The highest BCUT2D eigenvalue weighted by atomic mass is 19.4. The molecule has 2 N–H and O–H groups in total. The average molecular weight is 617 g/mol. The van der Waals surface area contributed by atoms with E-state index in [1.165, 1.54) is 39.7 Å². The second-order valence-electron chi connectivity index (χ2n) is 12.7. The molecular formula is C33H38B3F4N3O2. The van der Waals surface area contributed by atoms with Crippen LogP contribution in [0.15, 0.2) is 42.5 Å². The van der Waals surface area contributed by atoms with Gasteiger partial charge in [0.05, 0.1) is 23.1 Å². The summed E-state index contributed by atoms with van der Waals surface area (Å²) in [7, 11) is 5.01. The minimum atomic E-state index is -4.58. The Labute approximate surface area is 264 Å². The van der Waals surface area contributed by atoms with E-state index in [9.17, 15) is 22.8 Å². The van der Waals surface area contributed by atoms with E-state index in [1.807, 2.05) is 26.0 Å². The summed E-state index contributed by atoms with van der Waals surface area (Å²) >= 11 is 0. The van der Waals surface area contributed by atoms with Gasteiger partial charge in [-0.15, -0.1) is 0 Å². The SMILES string of the molecule is Bc1cc([C@H]2[C@@H](C(=O)Nc3c(B)cc(C)c(C(F)(F)F)c3B)CCCN2C(=O)c2c(C)cccc2F)ccc1NC1CCCC1. The molecule has 5 rings (SSSR count). The predicted molar refractivity (Wildman–Crippen MR) is 179 cm³/mol. The van der Waals surface area contributed by atoms with Gasteiger partial charge in [0, 0.05) is 24.0 Å². The maximum Gasteiger partial charge on any atom is 0.416 e. The lowest BCUT2D eigenvalue weighted by atomic mass is 9.78. The molecule has 3 aromatic rings. The van der Waals surface area contributed by atoms with Crippen molar-refractivity contribution in [3.63, 3.8) is 0 Å². The Bertz CT molecular complexity index is 1610. The molecule has 234 valence electrons. The first-order valence-corrected chi connectivity index (χ1v) is 15.7. The van der Waals surface area contributed by atoms with Crippen LogP contribution in [0.3, 0.4) is 0 Å². The van der Waals surface area contributed by atoms with Gasteiger partial charge in [-0.3, -0.25) is 9.59 Å². The van der Waals surface area contributed by atoms with Gasteiger partial charge in [-0.1, -0.05) is 59.6 Å². The molecule has 12 heteroatoms. The fraction of sp³-hybridized carbons (Fsp3) is 0.394. The summed E-state index contributed by atoms with van der Waals surface area (Å²) in [4.78, 5) is 29.7. The molecule has 2 aliphatic rings. The van der Waals surface area contributed by atoms with Crippen LogP contribution < -0.4 is 27.0 Å². The molecular weight excluding hydrogens is 579 g/mol. The van der Waals surface area contributed by atoms with Crippen LogP contribution in [-0.4, -0.2) is 52.8 Å². The fourth-order valence-electron chi connectivity index (χ4n) is 7.31. The third-order valence-electron chi connectivity index (χ3n) is 9.47. The van der Waals surface area contributed by atoms with Gasteiger partial charge in [-0.05, 0) is 68.4 Å². The number of rotatable bonds is 6. The monoisotopic (exact) mass is 617 g/mol. The van der Waals surface area contributed by atoms with E-state index in [0.29, 0.717) is 36.5 Å². The van der Waals surface area contributed by atoms with Crippen molar-refractivity contribution in [3.05, 3.63) is 76.1 Å². The van der Waals surface area contributed by atoms with E-state index in [1.54, 1.807) is 31.8 Å². The van der Waals surface area contributed by atoms with Crippen molar-refractivity contribution in [1.82, 2.24) is 4.90 Å². The van der Waals surface area contributed by atoms with Crippen LogP contribution in [0.25, 0.3) is 0 Å². The molecule has 0 aromatic heterocycles. The van der Waals surface area contributed by atoms with Crippen molar-refractivity contribution >= 4 is 63.1 Å². The lowest BCUT2D eigenvalue weighted by Crippen LogP contribution is -2.47. The molecule has 0 radical (unpaired) electrons. The van der Waals surface area contributed by atoms with E-state index in [4.69, 9.17) is 0 Å². The van der Waals surface area contributed by atoms with Crippen molar-refractivity contribution in [2.45, 2.75) is 70.6 Å². The molecule has 45 heavy (non-hydrogen) atoms. The summed E-state index contributed by atoms with van der Waals surface area (Å²) in [6, 6.07) is 11.4. The molecule has 5 nitrogen and oxygen atoms in total. The number of alkyl halides is 3. The molecule has 0 bridgehead atoms. The second kappa shape index (κ2) is 13.0. The van der Waals surface area contributed by atoms with Gasteiger partial charge in [-0.25, -0.2) is 4.39 Å². The number of carbonyl (C=O) groups is 2. The molecule has 2 fully saturated rings. The summed E-state index contributed by atoms with van der Waals surface area (Å²) in [5.41, 5.74) is 3.02. The Morgan fingerprint density at radius 1 is 0.911 bits per heavy atom.